The number of pyridine rings is 2. The van der Waals surface area contributed by atoms with E-state index in [0.717, 1.165) is 55.1 Å². The Bertz CT molecular complexity index is 1560. The normalized spacial score (nSPS) is 18.8. The monoisotopic (exact) mass is 539 g/mol. The van der Waals surface area contributed by atoms with Gasteiger partial charge < -0.3 is 24.5 Å². The van der Waals surface area contributed by atoms with Gasteiger partial charge in [-0.2, -0.15) is 10.2 Å². The molecule has 1 aromatic carbocycles. The lowest BCUT2D eigenvalue weighted by Crippen LogP contribution is -2.33. The van der Waals surface area contributed by atoms with Crippen LogP contribution in [0.4, 0.5) is 5.82 Å². The molecule has 2 fully saturated rings. The van der Waals surface area contributed by atoms with Crippen molar-refractivity contribution >= 4 is 22.8 Å². The summed E-state index contributed by atoms with van der Waals surface area (Å²) >= 11 is 0. The number of aromatic carboxylic acids is 1. The van der Waals surface area contributed by atoms with Crippen LogP contribution >= 0.6 is 0 Å². The molecule has 2 atom stereocenters. The number of nitrogens with one attached hydrogen (secondary N) is 1. The zero-order chi connectivity index (χ0) is 27.5. The Morgan fingerprint density at radius 1 is 1.20 bits per heavy atom. The molecular formula is C29H29N7O4. The summed E-state index contributed by atoms with van der Waals surface area (Å²) in [6.45, 7) is 4.13. The predicted molar refractivity (Wildman–Crippen MR) is 146 cm³/mol. The van der Waals surface area contributed by atoms with E-state index >= 15 is 0 Å². The van der Waals surface area contributed by atoms with E-state index in [1.165, 1.54) is 0 Å². The molecule has 40 heavy (non-hydrogen) atoms. The molecule has 11 heteroatoms. The molecule has 2 N–H and O–H groups in total. The van der Waals surface area contributed by atoms with Gasteiger partial charge in [0.1, 0.15) is 23.8 Å². The van der Waals surface area contributed by atoms with Gasteiger partial charge in [-0.1, -0.05) is 6.07 Å². The van der Waals surface area contributed by atoms with Crippen molar-refractivity contribution in [1.29, 1.82) is 5.26 Å². The van der Waals surface area contributed by atoms with E-state index in [-0.39, 0.29) is 17.8 Å². The van der Waals surface area contributed by atoms with E-state index in [1.807, 2.05) is 24.3 Å². The minimum atomic E-state index is -0.950. The minimum absolute atomic E-state index is 0.00523. The van der Waals surface area contributed by atoms with Crippen molar-refractivity contribution in [3.05, 3.63) is 77.4 Å². The number of carboxylic acid groups (broad SMARTS) is 1. The fraction of sp³-hybridized carbons (Fsp3) is 0.345. The molecule has 5 heterocycles. The van der Waals surface area contributed by atoms with Crippen LogP contribution in [0.15, 0.2) is 54.7 Å². The van der Waals surface area contributed by atoms with Gasteiger partial charge in [0.2, 0.25) is 5.88 Å². The van der Waals surface area contributed by atoms with E-state index in [9.17, 15) is 9.90 Å². The highest BCUT2D eigenvalue weighted by molar-refractivity contribution is 5.92. The molecule has 0 unspecified atom stereocenters. The summed E-state index contributed by atoms with van der Waals surface area (Å²) in [6, 6.07) is 16.3. The molecule has 11 nitrogen and oxygen atoms in total. The number of imidazole rings is 1. The molecule has 0 radical (unpaired) electrons. The van der Waals surface area contributed by atoms with Crippen LogP contribution in [0.1, 0.15) is 40.3 Å². The average molecular weight is 540 g/mol. The Morgan fingerprint density at radius 2 is 2.10 bits per heavy atom. The van der Waals surface area contributed by atoms with Crippen LogP contribution in [0, 0.1) is 11.3 Å². The maximum absolute atomic E-state index is 11.6. The van der Waals surface area contributed by atoms with Crippen molar-refractivity contribution in [2.45, 2.75) is 44.7 Å². The van der Waals surface area contributed by atoms with Crippen molar-refractivity contribution in [2.24, 2.45) is 0 Å². The first-order chi connectivity index (χ1) is 19.5. The van der Waals surface area contributed by atoms with Gasteiger partial charge in [0, 0.05) is 32.0 Å². The van der Waals surface area contributed by atoms with E-state index in [2.05, 4.69) is 30.8 Å². The third kappa shape index (κ3) is 5.73. The average Bonchev–Trinajstić information content (AvgIpc) is 3.53. The number of ether oxygens (including phenoxy) is 2. The summed E-state index contributed by atoms with van der Waals surface area (Å²) in [5.41, 5.74) is 3.20. The Hall–Kier alpha value is -4.53. The molecule has 0 saturated carbocycles. The number of hydrogen-bond donors (Lipinski definition) is 2. The quantitative estimate of drug-likeness (QED) is 0.308. The first kappa shape index (κ1) is 25.7. The highest BCUT2D eigenvalue weighted by atomic mass is 16.5. The number of carbonyl (C=O) groups is 1. The van der Waals surface area contributed by atoms with Gasteiger partial charge in [-0.05, 0) is 49.2 Å². The van der Waals surface area contributed by atoms with E-state index in [1.54, 1.807) is 30.5 Å². The van der Waals surface area contributed by atoms with Crippen molar-refractivity contribution < 1.29 is 19.4 Å². The van der Waals surface area contributed by atoms with E-state index < -0.39 is 5.97 Å². The zero-order valence-corrected chi connectivity index (χ0v) is 21.9. The van der Waals surface area contributed by atoms with Crippen LogP contribution in [0.3, 0.4) is 0 Å². The second-order valence-electron chi connectivity index (χ2n) is 10.1. The zero-order valence-electron chi connectivity index (χ0n) is 21.9. The predicted octanol–water partition coefficient (Wildman–Crippen LogP) is 3.45. The van der Waals surface area contributed by atoms with E-state index in [4.69, 9.17) is 19.7 Å². The summed E-state index contributed by atoms with van der Waals surface area (Å²) < 4.78 is 14.0. The van der Waals surface area contributed by atoms with Gasteiger partial charge in [0.05, 0.1) is 53.6 Å². The summed E-state index contributed by atoms with van der Waals surface area (Å²) in [4.78, 5) is 27.6. The summed E-state index contributed by atoms with van der Waals surface area (Å²) in [5, 5.41) is 21.7. The second kappa shape index (κ2) is 11.3. The molecule has 3 aromatic heterocycles. The highest BCUT2D eigenvalue weighted by Crippen LogP contribution is 2.25. The Labute approximate surface area is 231 Å². The molecule has 6 rings (SSSR count). The number of benzene rings is 1. The van der Waals surface area contributed by atoms with Gasteiger partial charge in [-0.3, -0.25) is 9.88 Å². The van der Waals surface area contributed by atoms with Crippen LogP contribution < -0.4 is 10.1 Å². The first-order valence-corrected chi connectivity index (χ1v) is 13.3. The molecule has 0 aliphatic carbocycles. The van der Waals surface area contributed by atoms with Gasteiger partial charge in [0.25, 0.3) is 0 Å². The molecule has 204 valence electrons. The molecule has 2 aliphatic rings. The van der Waals surface area contributed by atoms with Crippen molar-refractivity contribution in [2.75, 3.05) is 25.0 Å². The van der Waals surface area contributed by atoms with Crippen molar-refractivity contribution in [1.82, 2.24) is 24.4 Å². The van der Waals surface area contributed by atoms with Crippen LogP contribution in [0.2, 0.25) is 0 Å². The van der Waals surface area contributed by atoms with Gasteiger partial charge in [0.15, 0.2) is 0 Å². The number of rotatable bonds is 10. The molecule has 0 amide bonds. The fourth-order valence-electron chi connectivity index (χ4n) is 5.03. The second-order valence-corrected chi connectivity index (χ2v) is 10.1. The molecule has 2 aliphatic heterocycles. The van der Waals surface area contributed by atoms with Crippen LogP contribution in [-0.2, 0) is 24.4 Å². The van der Waals surface area contributed by atoms with Gasteiger partial charge in [-0.25, -0.2) is 9.78 Å². The minimum Gasteiger partial charge on any atom is -0.478 e. The van der Waals surface area contributed by atoms with Gasteiger partial charge in [-0.15, -0.1) is 0 Å². The third-order valence-electron chi connectivity index (χ3n) is 7.26. The Kier molecular flexibility index (Phi) is 7.27. The standard InChI is InChI=1S/C29H29N7O4/c30-13-19-4-6-21(31-14-19)15-32-26-2-1-3-28(34-26)40-23-8-10-35(16-23)18-27-33-24-7-5-20(29(37)38)12-25(24)36(27)17-22-9-11-39-22/h1-7,12,14,22-23H,8-11,15-18H2,(H,32,34)(H,37,38)/t22-,23+/m0/s1. The lowest BCUT2D eigenvalue weighted by atomic mass is 10.1. The summed E-state index contributed by atoms with van der Waals surface area (Å²) in [7, 11) is 0. The maximum atomic E-state index is 11.6. The largest absolute Gasteiger partial charge is 0.478 e. The lowest BCUT2D eigenvalue weighted by Gasteiger charge is -2.28. The fourth-order valence-corrected chi connectivity index (χ4v) is 5.03. The number of anilines is 1. The first-order valence-electron chi connectivity index (χ1n) is 13.3. The SMILES string of the molecule is N#Cc1ccc(CNc2cccc(O[C@@H]3CCN(Cc4nc5ccc(C(=O)O)cc5n4C[C@@H]4CCO4)C3)n2)nc1. The Morgan fingerprint density at radius 3 is 2.85 bits per heavy atom. The molecule has 0 bridgehead atoms. The molecule has 4 aromatic rings. The summed E-state index contributed by atoms with van der Waals surface area (Å²) in [5.74, 6) is 1.19. The topological polar surface area (TPSA) is 138 Å². The third-order valence-corrected chi connectivity index (χ3v) is 7.26. The number of likely N-dealkylation sites (tertiary alicyclic amines) is 1. The number of nitrogens with zero attached hydrogens (tertiary/aromatic N) is 6. The molecule has 2 saturated heterocycles. The van der Waals surface area contributed by atoms with Gasteiger partial charge >= 0.3 is 5.97 Å². The van der Waals surface area contributed by atoms with Crippen LogP contribution in [0.5, 0.6) is 5.88 Å². The summed E-state index contributed by atoms with van der Waals surface area (Å²) in [6.07, 6.45) is 3.53. The number of carboxylic acids is 1. The number of hydrogen-bond acceptors (Lipinski definition) is 9. The number of fused-ring (bicyclic) bond motifs is 1. The number of aromatic nitrogens is 4. The number of nitriles is 1. The van der Waals surface area contributed by atoms with E-state index in [0.29, 0.717) is 36.9 Å². The lowest BCUT2D eigenvalue weighted by molar-refractivity contribution is -0.0591. The smallest absolute Gasteiger partial charge is 0.335 e. The molecular weight excluding hydrogens is 510 g/mol. The van der Waals surface area contributed by atoms with Crippen molar-refractivity contribution in [3.8, 4) is 11.9 Å². The molecule has 0 spiro atoms. The Balaban J connectivity index is 1.09. The van der Waals surface area contributed by atoms with Crippen molar-refractivity contribution in [3.63, 3.8) is 0 Å². The van der Waals surface area contributed by atoms with Crippen LogP contribution in [0.25, 0.3) is 11.0 Å². The highest BCUT2D eigenvalue weighted by Gasteiger charge is 2.28. The maximum Gasteiger partial charge on any atom is 0.335 e. The van der Waals surface area contributed by atoms with Crippen LogP contribution in [-0.4, -0.2) is 67.4 Å².